The van der Waals surface area contributed by atoms with E-state index in [1.165, 1.54) is 6.92 Å². The molecular formula is C3H5O2Si. The summed E-state index contributed by atoms with van der Waals surface area (Å²) in [6.07, 6.45) is 0.287. The minimum atomic E-state index is -0.259. The molecule has 0 aliphatic rings. The average molecular weight is 101 g/mol. The molecule has 3 heteroatoms. The zero-order valence-electron chi connectivity index (χ0n) is 3.52. The van der Waals surface area contributed by atoms with E-state index in [1.807, 2.05) is 0 Å². The number of hydrogen-bond acceptors (Lipinski definition) is 2. The monoisotopic (exact) mass is 101 g/mol. The number of esters is 1. The largest absolute Gasteiger partial charge is 0.471 e. The van der Waals surface area contributed by atoms with Crippen molar-refractivity contribution in [3.63, 3.8) is 0 Å². The summed E-state index contributed by atoms with van der Waals surface area (Å²) in [6.45, 7) is 1.36. The van der Waals surface area contributed by atoms with Crippen molar-refractivity contribution in [3.05, 3.63) is 0 Å². The predicted molar refractivity (Wildman–Crippen MR) is 22.4 cm³/mol. The summed E-state index contributed by atoms with van der Waals surface area (Å²) < 4.78 is 4.32. The average Bonchev–Trinajstić information content (AvgIpc) is 1.35. The number of ether oxygens (including phenoxy) is 1. The van der Waals surface area contributed by atoms with Gasteiger partial charge in [0.05, 0.1) is 16.5 Å². The second-order valence-electron chi connectivity index (χ2n) is 0.780. The van der Waals surface area contributed by atoms with Crippen molar-refractivity contribution >= 4 is 16.2 Å². The lowest BCUT2D eigenvalue weighted by molar-refractivity contribution is -0.138. The van der Waals surface area contributed by atoms with E-state index in [2.05, 4.69) is 15.0 Å². The number of rotatable bonds is 1. The number of carbonyl (C=O) groups is 1. The highest BCUT2D eigenvalue weighted by atomic mass is 28.1. The second kappa shape index (κ2) is 2.90. The maximum Gasteiger partial charge on any atom is 0.302 e. The van der Waals surface area contributed by atoms with Crippen molar-refractivity contribution in [2.45, 2.75) is 6.92 Å². The molecule has 0 aliphatic carbocycles. The van der Waals surface area contributed by atoms with Gasteiger partial charge in [0.1, 0.15) is 0 Å². The molecule has 0 atom stereocenters. The zero-order valence-corrected chi connectivity index (χ0v) is 4.52. The maximum atomic E-state index is 9.79. The van der Waals surface area contributed by atoms with Crippen LogP contribution in [0.15, 0.2) is 0 Å². The fourth-order valence-electron chi connectivity index (χ4n) is 0.102. The Hall–Kier alpha value is -0.313. The third-order valence-electron chi connectivity index (χ3n) is 0.275. The standard InChI is InChI=1S/C3H5O2Si/c1-3(4)5-2-6/h2H2,1H3. The predicted octanol–water partition coefficient (Wildman–Crippen LogP) is -0.325. The topological polar surface area (TPSA) is 26.3 Å². The second-order valence-corrected chi connectivity index (χ2v) is 1.07. The minimum absolute atomic E-state index is 0.259. The molecule has 0 aromatic heterocycles. The molecule has 0 heterocycles. The summed E-state index contributed by atoms with van der Waals surface area (Å²) in [7, 11) is 2.95. The molecule has 0 bridgehead atoms. The molecule has 0 aliphatic heterocycles. The van der Waals surface area contributed by atoms with Gasteiger partial charge < -0.3 is 4.74 Å². The lowest BCUT2D eigenvalue weighted by atomic mass is 10.8. The molecule has 6 heavy (non-hydrogen) atoms. The minimum Gasteiger partial charge on any atom is -0.471 e. The van der Waals surface area contributed by atoms with Crippen LogP contribution >= 0.6 is 0 Å². The first-order chi connectivity index (χ1) is 2.77. The molecule has 0 aromatic rings. The molecule has 33 valence electrons. The first kappa shape index (κ1) is 5.69. The quantitative estimate of drug-likeness (QED) is 0.334. The lowest BCUT2D eigenvalue weighted by Gasteiger charge is -1.89. The van der Waals surface area contributed by atoms with Gasteiger partial charge in [-0.2, -0.15) is 0 Å². The fraction of sp³-hybridized carbons (Fsp3) is 0.667. The van der Waals surface area contributed by atoms with Gasteiger partial charge in [0.15, 0.2) is 0 Å². The first-order valence-corrected chi connectivity index (χ1v) is 2.26. The molecule has 0 saturated heterocycles. The van der Waals surface area contributed by atoms with Crippen molar-refractivity contribution in [1.29, 1.82) is 0 Å². The molecule has 0 amide bonds. The van der Waals surface area contributed by atoms with E-state index in [0.717, 1.165) is 0 Å². The molecule has 0 N–H and O–H groups in total. The van der Waals surface area contributed by atoms with Crippen LogP contribution in [-0.4, -0.2) is 22.4 Å². The van der Waals surface area contributed by atoms with Gasteiger partial charge in [-0.05, 0) is 0 Å². The van der Waals surface area contributed by atoms with Gasteiger partial charge in [0.2, 0.25) is 0 Å². The molecule has 0 rings (SSSR count). The Labute approximate surface area is 39.9 Å². The van der Waals surface area contributed by atoms with Crippen molar-refractivity contribution in [1.82, 2.24) is 0 Å². The van der Waals surface area contributed by atoms with E-state index in [4.69, 9.17) is 0 Å². The van der Waals surface area contributed by atoms with Crippen LogP contribution in [0.3, 0.4) is 0 Å². The van der Waals surface area contributed by atoms with E-state index < -0.39 is 0 Å². The van der Waals surface area contributed by atoms with Crippen molar-refractivity contribution in [2.75, 3.05) is 6.23 Å². The summed E-state index contributed by atoms with van der Waals surface area (Å²) in [5.74, 6) is -0.259. The van der Waals surface area contributed by atoms with Gasteiger partial charge in [-0.3, -0.25) is 4.79 Å². The summed E-state index contributed by atoms with van der Waals surface area (Å²) >= 11 is 0. The van der Waals surface area contributed by atoms with Crippen LogP contribution in [-0.2, 0) is 9.53 Å². The Morgan fingerprint density at radius 1 is 2.00 bits per heavy atom. The Balaban J connectivity index is 2.83. The summed E-state index contributed by atoms with van der Waals surface area (Å²) in [5, 5.41) is 0. The number of carbonyl (C=O) groups excluding carboxylic acids is 1. The Bertz CT molecular complexity index is 52.8. The van der Waals surface area contributed by atoms with E-state index in [9.17, 15) is 4.79 Å². The summed E-state index contributed by atoms with van der Waals surface area (Å²) in [5.41, 5.74) is 0. The summed E-state index contributed by atoms with van der Waals surface area (Å²) in [4.78, 5) is 9.79. The van der Waals surface area contributed by atoms with Gasteiger partial charge in [-0.25, -0.2) is 0 Å². The van der Waals surface area contributed by atoms with Crippen LogP contribution in [0, 0.1) is 0 Å². The molecule has 0 unspecified atom stereocenters. The molecular weight excluding hydrogens is 96.1 g/mol. The SMILES string of the molecule is CC(=O)OC[Si]. The first-order valence-electron chi connectivity index (χ1n) is 1.55. The van der Waals surface area contributed by atoms with Crippen molar-refractivity contribution < 1.29 is 9.53 Å². The normalized spacial score (nSPS) is 7.67. The van der Waals surface area contributed by atoms with E-state index in [1.54, 1.807) is 0 Å². The molecule has 0 spiro atoms. The van der Waals surface area contributed by atoms with Gasteiger partial charge >= 0.3 is 5.97 Å². The molecule has 0 saturated carbocycles. The smallest absolute Gasteiger partial charge is 0.302 e. The van der Waals surface area contributed by atoms with Crippen LogP contribution in [0.1, 0.15) is 6.92 Å². The van der Waals surface area contributed by atoms with Crippen molar-refractivity contribution in [2.24, 2.45) is 0 Å². The highest BCUT2D eigenvalue weighted by Gasteiger charge is 1.81. The molecule has 3 radical (unpaired) electrons. The number of hydrogen-bond donors (Lipinski definition) is 0. The van der Waals surface area contributed by atoms with Gasteiger partial charge in [0.25, 0.3) is 0 Å². The maximum absolute atomic E-state index is 9.79. The van der Waals surface area contributed by atoms with E-state index in [0.29, 0.717) is 0 Å². The van der Waals surface area contributed by atoms with Crippen LogP contribution in [0.4, 0.5) is 0 Å². The molecule has 0 aromatic carbocycles. The Morgan fingerprint density at radius 3 is 2.50 bits per heavy atom. The Morgan fingerprint density at radius 2 is 2.50 bits per heavy atom. The Kier molecular flexibility index (Phi) is 2.75. The third kappa shape index (κ3) is 3.69. The molecule has 0 fully saturated rings. The van der Waals surface area contributed by atoms with Crippen LogP contribution in [0.2, 0.25) is 0 Å². The van der Waals surface area contributed by atoms with Gasteiger partial charge in [-0.1, -0.05) is 0 Å². The highest BCUT2D eigenvalue weighted by molar-refractivity contribution is 6.08. The van der Waals surface area contributed by atoms with Gasteiger partial charge in [0, 0.05) is 6.92 Å². The van der Waals surface area contributed by atoms with Crippen LogP contribution < -0.4 is 0 Å². The van der Waals surface area contributed by atoms with Crippen LogP contribution in [0.5, 0.6) is 0 Å². The zero-order chi connectivity index (χ0) is 4.99. The lowest BCUT2D eigenvalue weighted by Crippen LogP contribution is -1.98. The highest BCUT2D eigenvalue weighted by Crippen LogP contribution is 1.66. The van der Waals surface area contributed by atoms with Crippen LogP contribution in [0.25, 0.3) is 0 Å². The third-order valence-corrected chi connectivity index (χ3v) is 0.420. The van der Waals surface area contributed by atoms with E-state index in [-0.39, 0.29) is 12.2 Å². The summed E-state index contributed by atoms with van der Waals surface area (Å²) in [6, 6.07) is 0. The van der Waals surface area contributed by atoms with Gasteiger partial charge in [-0.15, -0.1) is 0 Å². The van der Waals surface area contributed by atoms with Crippen molar-refractivity contribution in [3.8, 4) is 0 Å². The molecule has 2 nitrogen and oxygen atoms in total. The fourth-order valence-corrected chi connectivity index (χ4v) is 0.305. The van der Waals surface area contributed by atoms with E-state index >= 15 is 0 Å².